The molecule has 1 fully saturated rings. The van der Waals surface area contributed by atoms with Crippen molar-refractivity contribution in [2.24, 2.45) is 0 Å². The topological polar surface area (TPSA) is 99.5 Å². The Balaban J connectivity index is 1.83. The number of anilines is 1. The second-order valence-corrected chi connectivity index (χ2v) is 8.83. The monoisotopic (exact) mass is 429 g/mol. The summed E-state index contributed by atoms with van der Waals surface area (Å²) in [5.74, 6) is -0.266. The van der Waals surface area contributed by atoms with E-state index in [1.165, 1.54) is 22.9 Å². The van der Waals surface area contributed by atoms with Crippen LogP contribution in [0.15, 0.2) is 24.3 Å². The van der Waals surface area contributed by atoms with E-state index in [-0.39, 0.29) is 41.2 Å². The highest BCUT2D eigenvalue weighted by Gasteiger charge is 2.31. The summed E-state index contributed by atoms with van der Waals surface area (Å²) in [6.45, 7) is 0.594. The number of nitrogens with one attached hydrogen (secondary N) is 1. The molecule has 2 heterocycles. The van der Waals surface area contributed by atoms with Crippen LogP contribution in [0.3, 0.4) is 0 Å². The number of ether oxygens (including phenoxy) is 2. The molecule has 1 saturated heterocycles. The van der Waals surface area contributed by atoms with Crippen molar-refractivity contribution in [3.63, 3.8) is 0 Å². The molecule has 29 heavy (non-hydrogen) atoms. The molecule has 1 atom stereocenters. The van der Waals surface area contributed by atoms with Gasteiger partial charge in [-0.1, -0.05) is 0 Å². The van der Waals surface area contributed by atoms with Crippen LogP contribution in [0.5, 0.6) is 11.5 Å². The van der Waals surface area contributed by atoms with E-state index < -0.39 is 22.4 Å². The van der Waals surface area contributed by atoms with E-state index in [1.807, 2.05) is 0 Å². The van der Waals surface area contributed by atoms with Gasteiger partial charge in [-0.15, -0.1) is 0 Å². The molecular formula is C18H21F2N3O5S. The van der Waals surface area contributed by atoms with Crippen molar-refractivity contribution in [3.05, 3.63) is 35.5 Å². The average molecular weight is 429 g/mol. The highest BCUT2D eigenvalue weighted by Crippen LogP contribution is 2.31. The van der Waals surface area contributed by atoms with Crippen LogP contribution in [0.2, 0.25) is 0 Å². The highest BCUT2D eigenvalue weighted by molar-refractivity contribution is 7.91. The summed E-state index contributed by atoms with van der Waals surface area (Å²) in [6, 6.07) is 5.16. The molecule has 0 radical (unpaired) electrons. The fourth-order valence-corrected chi connectivity index (χ4v) is 4.85. The summed E-state index contributed by atoms with van der Waals surface area (Å²) in [5.41, 5.74) is 0.791. The number of hydrogen-bond acceptors (Lipinski definition) is 6. The summed E-state index contributed by atoms with van der Waals surface area (Å²) < 4.78 is 59.8. The van der Waals surface area contributed by atoms with E-state index >= 15 is 0 Å². The molecule has 0 unspecified atom stereocenters. The van der Waals surface area contributed by atoms with Crippen molar-refractivity contribution in [1.29, 1.82) is 0 Å². The van der Waals surface area contributed by atoms with Gasteiger partial charge in [-0.25, -0.2) is 13.1 Å². The van der Waals surface area contributed by atoms with Crippen molar-refractivity contribution in [2.75, 3.05) is 23.4 Å². The molecule has 2 aromatic rings. The number of amides is 1. The van der Waals surface area contributed by atoms with E-state index in [9.17, 15) is 22.0 Å². The van der Waals surface area contributed by atoms with Gasteiger partial charge >= 0.3 is 6.61 Å². The first-order valence-electron chi connectivity index (χ1n) is 8.98. The number of halogens is 2. The normalized spacial score (nSPS) is 18.0. The molecule has 11 heteroatoms. The molecule has 1 N–H and O–H groups in total. The van der Waals surface area contributed by atoms with Crippen LogP contribution in [0.1, 0.15) is 35.4 Å². The van der Waals surface area contributed by atoms with Crippen LogP contribution in [0.4, 0.5) is 14.6 Å². The van der Waals surface area contributed by atoms with Gasteiger partial charge in [0.15, 0.2) is 21.3 Å². The first-order chi connectivity index (χ1) is 13.7. The van der Waals surface area contributed by atoms with Gasteiger partial charge in [0.05, 0.1) is 29.8 Å². The van der Waals surface area contributed by atoms with Crippen LogP contribution in [0, 0.1) is 6.92 Å². The lowest BCUT2D eigenvalue weighted by Crippen LogP contribution is -2.19. The maximum Gasteiger partial charge on any atom is 0.387 e. The maximum atomic E-state index is 12.7. The predicted molar refractivity (Wildman–Crippen MR) is 101 cm³/mol. The first-order valence-corrected chi connectivity index (χ1v) is 10.8. The van der Waals surface area contributed by atoms with Gasteiger partial charge in [0.2, 0.25) is 0 Å². The average Bonchev–Trinajstić information content (AvgIpc) is 3.17. The summed E-state index contributed by atoms with van der Waals surface area (Å²) in [6.07, 6.45) is 0.417. The molecule has 0 spiro atoms. The molecule has 158 valence electrons. The molecule has 1 aliphatic heterocycles. The van der Waals surface area contributed by atoms with Crippen LogP contribution >= 0.6 is 0 Å². The quantitative estimate of drug-likeness (QED) is 0.727. The second kappa shape index (κ2) is 8.36. The Morgan fingerprint density at radius 2 is 2.10 bits per heavy atom. The Hall–Kier alpha value is -2.69. The number of hydrogen-bond donors (Lipinski definition) is 1. The third-order valence-electron chi connectivity index (χ3n) is 4.38. The van der Waals surface area contributed by atoms with Gasteiger partial charge in [-0.05, 0) is 38.5 Å². The molecule has 1 aliphatic rings. The molecule has 3 rings (SSSR count). The zero-order valence-electron chi connectivity index (χ0n) is 15.9. The molecular weight excluding hydrogens is 408 g/mol. The van der Waals surface area contributed by atoms with Gasteiger partial charge in [-0.2, -0.15) is 13.9 Å². The Morgan fingerprint density at radius 1 is 1.34 bits per heavy atom. The lowest BCUT2D eigenvalue weighted by Gasteiger charge is -2.15. The molecule has 1 aromatic heterocycles. The van der Waals surface area contributed by atoms with Crippen molar-refractivity contribution >= 4 is 21.6 Å². The van der Waals surface area contributed by atoms with E-state index in [1.54, 1.807) is 19.9 Å². The number of nitrogens with zero attached hydrogens (tertiary/aromatic N) is 2. The molecule has 0 bridgehead atoms. The zero-order chi connectivity index (χ0) is 21.2. The van der Waals surface area contributed by atoms with Crippen LogP contribution in [-0.2, 0) is 9.84 Å². The summed E-state index contributed by atoms with van der Waals surface area (Å²) in [7, 11) is -3.12. The summed E-state index contributed by atoms with van der Waals surface area (Å²) in [5, 5.41) is 7.01. The Bertz CT molecular complexity index is 1010. The fraction of sp³-hybridized carbons (Fsp3) is 0.444. The van der Waals surface area contributed by atoms with Crippen LogP contribution in [0.25, 0.3) is 0 Å². The molecule has 1 amide bonds. The van der Waals surface area contributed by atoms with Crippen molar-refractivity contribution < 1.29 is 31.5 Å². The van der Waals surface area contributed by atoms with Gasteiger partial charge in [0.25, 0.3) is 5.91 Å². The number of alkyl halides is 2. The van der Waals surface area contributed by atoms with Gasteiger partial charge in [-0.3, -0.25) is 4.79 Å². The molecule has 0 aliphatic carbocycles. The Labute approximate surface area is 166 Å². The number of carbonyl (C=O) groups excluding carboxylic acids is 1. The van der Waals surface area contributed by atoms with E-state index in [2.05, 4.69) is 15.2 Å². The van der Waals surface area contributed by atoms with E-state index in [0.717, 1.165) is 0 Å². The molecule has 8 nitrogen and oxygen atoms in total. The van der Waals surface area contributed by atoms with Gasteiger partial charge < -0.3 is 14.8 Å². The first kappa shape index (κ1) is 21.0. The summed E-state index contributed by atoms with van der Waals surface area (Å²) in [4.78, 5) is 12.7. The largest absolute Gasteiger partial charge is 0.490 e. The van der Waals surface area contributed by atoms with Crippen molar-refractivity contribution in [3.8, 4) is 11.5 Å². The predicted octanol–water partition coefficient (Wildman–Crippen LogP) is 2.80. The number of aryl methyl sites for hydroxylation is 1. The van der Waals surface area contributed by atoms with E-state index in [4.69, 9.17) is 4.74 Å². The lowest BCUT2D eigenvalue weighted by molar-refractivity contribution is -0.0514. The van der Waals surface area contributed by atoms with Gasteiger partial charge in [0, 0.05) is 11.6 Å². The third kappa shape index (κ3) is 5.03. The van der Waals surface area contributed by atoms with Crippen LogP contribution in [-0.4, -0.2) is 48.8 Å². The Morgan fingerprint density at radius 3 is 2.72 bits per heavy atom. The smallest absolute Gasteiger partial charge is 0.387 e. The number of rotatable bonds is 7. The minimum absolute atomic E-state index is 0.0204. The van der Waals surface area contributed by atoms with Crippen molar-refractivity contribution in [1.82, 2.24) is 9.78 Å². The molecule has 0 saturated carbocycles. The standard InChI is InChI=1S/C18H21F2N3O5S/c1-3-27-15-9-12(4-5-14(15)28-18(19)20)17(24)21-16-8-11(2)22-23(16)13-6-7-29(25,26)10-13/h4-5,8-9,13,18H,3,6-7,10H2,1-2H3,(H,21,24)/t13-/m0/s1. The summed E-state index contributed by atoms with van der Waals surface area (Å²) >= 11 is 0. The fourth-order valence-electron chi connectivity index (χ4n) is 3.16. The minimum Gasteiger partial charge on any atom is -0.490 e. The maximum absolute atomic E-state index is 12.7. The van der Waals surface area contributed by atoms with Crippen molar-refractivity contribution in [2.45, 2.75) is 32.9 Å². The third-order valence-corrected chi connectivity index (χ3v) is 6.13. The number of sulfone groups is 1. The number of carbonyl (C=O) groups is 1. The number of benzene rings is 1. The SMILES string of the molecule is CCOc1cc(C(=O)Nc2cc(C)nn2[C@H]2CCS(=O)(=O)C2)ccc1OC(F)F. The minimum atomic E-state index is -3.12. The van der Waals surface area contributed by atoms with Crippen LogP contribution < -0.4 is 14.8 Å². The highest BCUT2D eigenvalue weighted by atomic mass is 32.2. The molecule has 1 aromatic carbocycles. The number of aromatic nitrogens is 2. The second-order valence-electron chi connectivity index (χ2n) is 6.60. The van der Waals surface area contributed by atoms with E-state index in [0.29, 0.717) is 17.9 Å². The lowest BCUT2D eigenvalue weighted by atomic mass is 10.2. The zero-order valence-corrected chi connectivity index (χ0v) is 16.7. The van der Waals surface area contributed by atoms with Gasteiger partial charge in [0.1, 0.15) is 5.82 Å². The Kier molecular flexibility index (Phi) is 6.06.